The van der Waals surface area contributed by atoms with Gasteiger partial charge in [-0.15, -0.1) is 0 Å². The molecule has 1 aromatic heterocycles. The van der Waals surface area contributed by atoms with Crippen LogP contribution in [0.4, 0.5) is 13.2 Å². The van der Waals surface area contributed by atoms with E-state index in [2.05, 4.69) is 4.98 Å². The Morgan fingerprint density at radius 2 is 1.64 bits per heavy atom. The van der Waals surface area contributed by atoms with Crippen molar-refractivity contribution < 1.29 is 22.8 Å². The van der Waals surface area contributed by atoms with E-state index in [1.54, 1.807) is 4.90 Å². The molecule has 0 bridgehead atoms. The number of carbonyl (C=O) groups excluding carboxylic acids is 2. The van der Waals surface area contributed by atoms with Crippen LogP contribution in [-0.2, 0) is 6.18 Å². The minimum atomic E-state index is -4.42. The second kappa shape index (κ2) is 7.79. The number of aromatic nitrogens is 1. The van der Waals surface area contributed by atoms with Gasteiger partial charge in [-0.05, 0) is 44.2 Å². The van der Waals surface area contributed by atoms with Gasteiger partial charge in [0.1, 0.15) is 0 Å². The third-order valence-corrected chi connectivity index (χ3v) is 4.94. The number of H-pyrrole nitrogens is 1. The second-order valence-corrected chi connectivity index (χ2v) is 7.06. The maximum absolute atomic E-state index is 12.6. The normalized spacial score (nSPS) is 15.7. The number of halogens is 3. The van der Waals surface area contributed by atoms with Crippen molar-refractivity contribution in [1.82, 2.24) is 14.8 Å². The van der Waals surface area contributed by atoms with E-state index in [1.165, 1.54) is 12.1 Å². The predicted molar refractivity (Wildman–Crippen MR) is 98.4 cm³/mol. The fraction of sp³-hybridized carbons (Fsp3) is 0.400. The number of amides is 1. The van der Waals surface area contributed by atoms with E-state index in [1.807, 2.05) is 24.8 Å². The maximum Gasteiger partial charge on any atom is 0.416 e. The van der Waals surface area contributed by atoms with Gasteiger partial charge in [-0.2, -0.15) is 13.2 Å². The molecular weight excluding hydrogens is 371 g/mol. The van der Waals surface area contributed by atoms with Gasteiger partial charge in [0, 0.05) is 48.7 Å². The van der Waals surface area contributed by atoms with Crippen LogP contribution in [0.25, 0.3) is 0 Å². The number of nitrogens with zero attached hydrogens (tertiary/aromatic N) is 2. The van der Waals surface area contributed by atoms with E-state index in [9.17, 15) is 22.8 Å². The molecule has 28 heavy (non-hydrogen) atoms. The van der Waals surface area contributed by atoms with E-state index in [-0.39, 0.29) is 23.8 Å². The molecule has 0 unspecified atom stereocenters. The molecule has 8 heteroatoms. The van der Waals surface area contributed by atoms with E-state index in [0.717, 1.165) is 23.5 Å². The van der Waals surface area contributed by atoms with Gasteiger partial charge in [0.15, 0.2) is 5.78 Å². The highest BCUT2D eigenvalue weighted by molar-refractivity contribution is 5.99. The summed E-state index contributed by atoms with van der Waals surface area (Å²) in [5, 5.41) is 0. The molecule has 1 N–H and O–H groups in total. The van der Waals surface area contributed by atoms with Crippen molar-refractivity contribution in [3.05, 3.63) is 58.4 Å². The average molecular weight is 393 g/mol. The van der Waals surface area contributed by atoms with Crippen molar-refractivity contribution in [3.8, 4) is 0 Å². The highest BCUT2D eigenvalue weighted by atomic mass is 19.4. The van der Waals surface area contributed by atoms with Gasteiger partial charge in [0.2, 0.25) is 0 Å². The Bertz CT molecular complexity index is 864. The number of aryl methyl sites for hydroxylation is 2. The molecule has 1 saturated heterocycles. The van der Waals surface area contributed by atoms with E-state index in [0.29, 0.717) is 31.7 Å². The number of rotatable bonds is 4. The van der Waals surface area contributed by atoms with Gasteiger partial charge in [-0.1, -0.05) is 0 Å². The summed E-state index contributed by atoms with van der Waals surface area (Å²) >= 11 is 0. The quantitative estimate of drug-likeness (QED) is 0.811. The van der Waals surface area contributed by atoms with Gasteiger partial charge in [-0.3, -0.25) is 14.5 Å². The minimum absolute atomic E-state index is 0.0318. The van der Waals surface area contributed by atoms with Crippen LogP contribution in [0, 0.1) is 13.8 Å². The highest BCUT2D eigenvalue weighted by Gasteiger charge is 2.31. The largest absolute Gasteiger partial charge is 0.416 e. The lowest BCUT2D eigenvalue weighted by molar-refractivity contribution is -0.137. The average Bonchev–Trinajstić information content (AvgIpc) is 2.99. The molecule has 3 rings (SSSR count). The first-order valence-electron chi connectivity index (χ1n) is 9.03. The summed E-state index contributed by atoms with van der Waals surface area (Å²) in [5.74, 6) is -0.263. The summed E-state index contributed by atoms with van der Waals surface area (Å²) in [6, 6.07) is 6.09. The summed E-state index contributed by atoms with van der Waals surface area (Å²) in [7, 11) is 0. The first-order valence-corrected chi connectivity index (χ1v) is 9.03. The second-order valence-electron chi connectivity index (χ2n) is 7.06. The van der Waals surface area contributed by atoms with Crippen LogP contribution in [0.1, 0.15) is 37.7 Å². The van der Waals surface area contributed by atoms with Crippen LogP contribution >= 0.6 is 0 Å². The van der Waals surface area contributed by atoms with Gasteiger partial charge < -0.3 is 9.88 Å². The smallest absolute Gasteiger partial charge is 0.362 e. The fourth-order valence-corrected chi connectivity index (χ4v) is 3.40. The summed E-state index contributed by atoms with van der Waals surface area (Å²) in [6.07, 6.45) is -4.42. The third kappa shape index (κ3) is 4.44. The Hall–Kier alpha value is -2.61. The molecule has 150 valence electrons. The first kappa shape index (κ1) is 20.1. The van der Waals surface area contributed by atoms with Crippen LogP contribution in [0.3, 0.4) is 0 Å². The Labute approximate surface area is 161 Å². The lowest BCUT2D eigenvalue weighted by Gasteiger charge is -2.34. The molecule has 2 heterocycles. The maximum atomic E-state index is 12.6. The molecule has 1 aliphatic heterocycles. The van der Waals surface area contributed by atoms with E-state index < -0.39 is 11.7 Å². The zero-order valence-corrected chi connectivity index (χ0v) is 15.8. The number of hydrogen-bond donors (Lipinski definition) is 1. The Balaban J connectivity index is 1.55. The predicted octanol–water partition coefficient (Wildman–Crippen LogP) is 3.29. The van der Waals surface area contributed by atoms with Crippen molar-refractivity contribution in [2.75, 3.05) is 32.7 Å². The molecule has 1 fully saturated rings. The highest BCUT2D eigenvalue weighted by Crippen LogP contribution is 2.29. The molecule has 2 aromatic rings. The van der Waals surface area contributed by atoms with Crippen molar-refractivity contribution >= 4 is 11.7 Å². The molecule has 0 spiro atoms. The Kier molecular flexibility index (Phi) is 5.60. The molecule has 0 radical (unpaired) electrons. The number of aromatic amines is 1. The number of alkyl halides is 3. The topological polar surface area (TPSA) is 56.4 Å². The molecule has 1 amide bonds. The number of carbonyl (C=O) groups is 2. The van der Waals surface area contributed by atoms with E-state index >= 15 is 0 Å². The first-order chi connectivity index (χ1) is 13.1. The summed E-state index contributed by atoms with van der Waals surface area (Å²) in [4.78, 5) is 31.7. The molecule has 5 nitrogen and oxygen atoms in total. The number of nitrogens with one attached hydrogen (secondary N) is 1. The lowest BCUT2D eigenvalue weighted by atomic mass is 10.1. The zero-order chi connectivity index (χ0) is 20.5. The molecular formula is C20H22F3N3O2. The Morgan fingerprint density at radius 1 is 1.04 bits per heavy atom. The van der Waals surface area contributed by atoms with Crippen LogP contribution < -0.4 is 0 Å². The lowest BCUT2D eigenvalue weighted by Crippen LogP contribution is -2.49. The van der Waals surface area contributed by atoms with Gasteiger partial charge in [0.05, 0.1) is 12.1 Å². The van der Waals surface area contributed by atoms with Crippen molar-refractivity contribution in [2.24, 2.45) is 0 Å². The third-order valence-electron chi connectivity index (χ3n) is 4.94. The van der Waals surface area contributed by atoms with Gasteiger partial charge >= 0.3 is 6.18 Å². The molecule has 0 atom stereocenters. The number of hydrogen-bond acceptors (Lipinski definition) is 3. The number of piperazine rings is 1. The molecule has 1 aromatic carbocycles. The monoisotopic (exact) mass is 393 g/mol. The summed E-state index contributed by atoms with van der Waals surface area (Å²) < 4.78 is 37.9. The fourth-order valence-electron chi connectivity index (χ4n) is 3.40. The SMILES string of the molecule is Cc1cc(C(=O)CN2CCN(C(=O)c3ccc(C(F)(F)F)cc3)CC2)c(C)[nH]1. The number of Topliss-reactive ketones (excluding diaryl/α,β-unsaturated/α-hetero) is 1. The van der Waals surface area contributed by atoms with Crippen LogP contribution in [-0.4, -0.2) is 59.2 Å². The molecule has 0 aliphatic carbocycles. The standard InChI is InChI=1S/C20H22F3N3O2/c1-13-11-17(14(2)24-13)18(27)12-25-7-9-26(10-8-25)19(28)15-3-5-16(6-4-15)20(21,22)23/h3-6,11,24H,7-10,12H2,1-2H3. The van der Waals surface area contributed by atoms with Crippen LogP contribution in [0.5, 0.6) is 0 Å². The molecule has 1 aliphatic rings. The minimum Gasteiger partial charge on any atom is -0.362 e. The van der Waals surface area contributed by atoms with Crippen LogP contribution in [0.15, 0.2) is 30.3 Å². The van der Waals surface area contributed by atoms with Crippen LogP contribution in [0.2, 0.25) is 0 Å². The van der Waals surface area contributed by atoms with Crippen molar-refractivity contribution in [2.45, 2.75) is 20.0 Å². The Morgan fingerprint density at radius 3 is 2.14 bits per heavy atom. The van der Waals surface area contributed by atoms with E-state index in [4.69, 9.17) is 0 Å². The summed E-state index contributed by atoms with van der Waals surface area (Å²) in [6.45, 7) is 5.98. The van der Waals surface area contributed by atoms with Gasteiger partial charge in [0.25, 0.3) is 5.91 Å². The number of ketones is 1. The molecule has 0 saturated carbocycles. The van der Waals surface area contributed by atoms with Gasteiger partial charge in [-0.25, -0.2) is 0 Å². The van der Waals surface area contributed by atoms with Crippen molar-refractivity contribution in [3.63, 3.8) is 0 Å². The summed E-state index contributed by atoms with van der Waals surface area (Å²) in [5.41, 5.74) is 1.92. The zero-order valence-electron chi connectivity index (χ0n) is 15.8. The van der Waals surface area contributed by atoms with Crippen molar-refractivity contribution in [1.29, 1.82) is 0 Å². The number of benzene rings is 1.